The highest BCUT2D eigenvalue weighted by molar-refractivity contribution is 6.32. The van der Waals surface area contributed by atoms with Crippen LogP contribution in [0.1, 0.15) is 27.0 Å². The van der Waals surface area contributed by atoms with Gasteiger partial charge in [-0.05, 0) is 17.2 Å². The molecule has 1 aromatic heterocycles. The third-order valence-corrected chi connectivity index (χ3v) is 5.44. The Morgan fingerprint density at radius 2 is 1.50 bits per heavy atom. The average molecular weight is 442 g/mol. The number of aromatic carboxylic acids is 1. The van der Waals surface area contributed by atoms with E-state index in [1.165, 1.54) is 10.6 Å². The van der Waals surface area contributed by atoms with Gasteiger partial charge in [0.1, 0.15) is 0 Å². The van der Waals surface area contributed by atoms with Crippen molar-refractivity contribution in [3.8, 4) is 11.1 Å². The van der Waals surface area contributed by atoms with E-state index in [-0.39, 0.29) is 16.7 Å². The van der Waals surface area contributed by atoms with Gasteiger partial charge in [-0.3, -0.25) is 4.79 Å². The summed E-state index contributed by atoms with van der Waals surface area (Å²) in [6, 6.07) is 25.7. The van der Waals surface area contributed by atoms with Crippen LogP contribution in [0.4, 0.5) is 0 Å². The Balaban J connectivity index is 1.94. The van der Waals surface area contributed by atoms with E-state index in [1.54, 1.807) is 30.5 Å². The molecule has 0 spiro atoms. The molecular weight excluding hydrogens is 422 g/mol. The minimum atomic E-state index is -1.10. The third kappa shape index (κ3) is 4.56. The number of benzene rings is 3. The molecule has 0 saturated carbocycles. The molecule has 158 valence electrons. The second-order valence-corrected chi connectivity index (χ2v) is 7.69. The minimum Gasteiger partial charge on any atom is -0.478 e. The summed E-state index contributed by atoms with van der Waals surface area (Å²) < 4.78 is 1.52. The molecule has 0 aliphatic carbocycles. The van der Waals surface area contributed by atoms with Gasteiger partial charge in [-0.15, -0.1) is 0 Å². The molecule has 4 aromatic rings. The summed E-state index contributed by atoms with van der Waals surface area (Å²) in [6.07, 6.45) is 5.23. The highest BCUT2D eigenvalue weighted by Crippen LogP contribution is 2.30. The van der Waals surface area contributed by atoms with Crippen molar-refractivity contribution in [2.24, 2.45) is 0 Å². The van der Waals surface area contributed by atoms with Gasteiger partial charge in [0, 0.05) is 17.3 Å². The number of carboxylic acids is 1. The fraction of sp³-hybridized carbons (Fsp3) is 0.0370. The van der Waals surface area contributed by atoms with Crippen molar-refractivity contribution in [3.63, 3.8) is 0 Å². The van der Waals surface area contributed by atoms with Crippen LogP contribution in [0.5, 0.6) is 0 Å². The van der Waals surface area contributed by atoms with Crippen LogP contribution in [-0.2, 0) is 6.54 Å². The lowest BCUT2D eigenvalue weighted by atomic mass is 9.96. The van der Waals surface area contributed by atoms with E-state index in [0.717, 1.165) is 11.1 Å². The topological polar surface area (TPSA) is 59.3 Å². The Morgan fingerprint density at radius 3 is 2.19 bits per heavy atom. The maximum atomic E-state index is 13.6. The standard InChI is InChI=1S/C27H20ClNO3/c28-24-18-29(17-20-11-5-2-6-12-20)26(30)25(21-13-7-8-14-22(21)27(31)32)23(24)16-15-19-9-3-1-4-10-19/h1-16,18H,17H2,(H,31,32)/b16-15+. The average Bonchev–Trinajstić information content (AvgIpc) is 2.81. The first-order valence-corrected chi connectivity index (χ1v) is 10.4. The molecular formula is C27H20ClNO3. The molecule has 0 unspecified atom stereocenters. The highest BCUT2D eigenvalue weighted by Gasteiger charge is 2.20. The Hall–Kier alpha value is -3.89. The molecule has 0 fully saturated rings. The summed E-state index contributed by atoms with van der Waals surface area (Å²) in [7, 11) is 0. The van der Waals surface area contributed by atoms with Gasteiger partial charge in [-0.1, -0.05) is 103 Å². The van der Waals surface area contributed by atoms with Gasteiger partial charge in [0.2, 0.25) is 0 Å². The fourth-order valence-corrected chi connectivity index (χ4v) is 3.87. The Kier molecular flexibility index (Phi) is 6.34. The lowest BCUT2D eigenvalue weighted by molar-refractivity contribution is 0.0697. The number of carbonyl (C=O) groups is 1. The van der Waals surface area contributed by atoms with Gasteiger partial charge in [0.15, 0.2) is 0 Å². The van der Waals surface area contributed by atoms with Crippen molar-refractivity contribution >= 4 is 29.7 Å². The summed E-state index contributed by atoms with van der Waals surface area (Å²) in [5.41, 5.74) is 2.71. The maximum Gasteiger partial charge on any atom is 0.336 e. The van der Waals surface area contributed by atoms with E-state index in [9.17, 15) is 14.7 Å². The number of pyridine rings is 1. The monoisotopic (exact) mass is 441 g/mol. The van der Waals surface area contributed by atoms with E-state index in [0.29, 0.717) is 22.7 Å². The van der Waals surface area contributed by atoms with Crippen LogP contribution in [0.2, 0.25) is 5.02 Å². The van der Waals surface area contributed by atoms with Crippen molar-refractivity contribution in [2.75, 3.05) is 0 Å². The Labute approximate surface area is 190 Å². The van der Waals surface area contributed by atoms with Gasteiger partial charge >= 0.3 is 5.97 Å². The first-order valence-electron chi connectivity index (χ1n) is 10.1. The molecule has 4 rings (SSSR count). The van der Waals surface area contributed by atoms with Crippen LogP contribution < -0.4 is 5.56 Å². The van der Waals surface area contributed by atoms with E-state index in [4.69, 9.17) is 11.6 Å². The van der Waals surface area contributed by atoms with Gasteiger partial charge in [-0.25, -0.2) is 4.79 Å². The first kappa shape index (κ1) is 21.3. The van der Waals surface area contributed by atoms with E-state index >= 15 is 0 Å². The predicted octanol–water partition coefficient (Wildman–Crippen LogP) is 6.09. The summed E-state index contributed by atoms with van der Waals surface area (Å²) in [6.45, 7) is 0.324. The van der Waals surface area contributed by atoms with Crippen LogP contribution in [0.25, 0.3) is 23.3 Å². The molecule has 4 nitrogen and oxygen atoms in total. The fourth-order valence-electron chi connectivity index (χ4n) is 3.60. The van der Waals surface area contributed by atoms with Crippen LogP contribution in [-0.4, -0.2) is 15.6 Å². The molecule has 1 N–H and O–H groups in total. The quantitative estimate of drug-likeness (QED) is 0.394. The zero-order valence-electron chi connectivity index (χ0n) is 17.1. The highest BCUT2D eigenvalue weighted by atomic mass is 35.5. The van der Waals surface area contributed by atoms with Gasteiger partial charge in [-0.2, -0.15) is 0 Å². The third-order valence-electron chi connectivity index (χ3n) is 5.14. The minimum absolute atomic E-state index is 0.0486. The molecule has 32 heavy (non-hydrogen) atoms. The summed E-state index contributed by atoms with van der Waals surface area (Å²) in [4.78, 5) is 25.5. The van der Waals surface area contributed by atoms with E-state index in [1.807, 2.05) is 66.7 Å². The second kappa shape index (κ2) is 9.50. The smallest absolute Gasteiger partial charge is 0.336 e. The zero-order chi connectivity index (χ0) is 22.5. The van der Waals surface area contributed by atoms with Gasteiger partial charge in [0.05, 0.1) is 22.7 Å². The molecule has 0 bridgehead atoms. The molecule has 0 atom stereocenters. The van der Waals surface area contributed by atoms with Gasteiger partial charge < -0.3 is 9.67 Å². The molecule has 0 amide bonds. The SMILES string of the molecule is O=C(O)c1ccccc1-c1c(/C=C/c2ccccc2)c(Cl)cn(Cc2ccccc2)c1=O. The molecule has 0 radical (unpaired) electrons. The normalized spacial score (nSPS) is 11.0. The van der Waals surface area contributed by atoms with Crippen LogP contribution in [0.15, 0.2) is 95.9 Å². The molecule has 0 saturated heterocycles. The molecule has 5 heteroatoms. The van der Waals surface area contributed by atoms with Gasteiger partial charge in [0.25, 0.3) is 5.56 Å². The van der Waals surface area contributed by atoms with E-state index < -0.39 is 5.97 Å². The number of rotatable bonds is 6. The molecule has 0 aliphatic heterocycles. The first-order chi connectivity index (χ1) is 15.5. The van der Waals surface area contributed by atoms with Crippen molar-refractivity contribution in [1.82, 2.24) is 4.57 Å². The molecule has 3 aromatic carbocycles. The summed E-state index contributed by atoms with van der Waals surface area (Å²) in [5, 5.41) is 10.1. The lowest BCUT2D eigenvalue weighted by Crippen LogP contribution is -2.24. The second-order valence-electron chi connectivity index (χ2n) is 7.28. The molecule has 0 aliphatic rings. The predicted molar refractivity (Wildman–Crippen MR) is 129 cm³/mol. The number of nitrogens with zero attached hydrogens (tertiary/aromatic N) is 1. The van der Waals surface area contributed by atoms with Crippen molar-refractivity contribution in [2.45, 2.75) is 6.54 Å². The number of halogens is 1. The van der Waals surface area contributed by atoms with Crippen molar-refractivity contribution < 1.29 is 9.90 Å². The number of hydrogen-bond donors (Lipinski definition) is 1. The molecule has 1 heterocycles. The van der Waals surface area contributed by atoms with Crippen molar-refractivity contribution in [1.29, 1.82) is 0 Å². The van der Waals surface area contributed by atoms with Crippen molar-refractivity contribution in [3.05, 3.63) is 129 Å². The number of aromatic nitrogens is 1. The van der Waals surface area contributed by atoms with Crippen LogP contribution in [0, 0.1) is 0 Å². The van der Waals surface area contributed by atoms with Crippen LogP contribution >= 0.6 is 11.6 Å². The lowest BCUT2D eigenvalue weighted by Gasteiger charge is -2.15. The largest absolute Gasteiger partial charge is 0.478 e. The Morgan fingerprint density at radius 1 is 0.875 bits per heavy atom. The zero-order valence-corrected chi connectivity index (χ0v) is 17.9. The maximum absolute atomic E-state index is 13.6. The summed E-state index contributed by atoms with van der Waals surface area (Å²) >= 11 is 6.66. The van der Waals surface area contributed by atoms with E-state index in [2.05, 4.69) is 0 Å². The number of carboxylic acid groups (broad SMARTS) is 1. The summed E-state index contributed by atoms with van der Waals surface area (Å²) in [5.74, 6) is -1.10. The Bertz CT molecular complexity index is 1340. The van der Waals surface area contributed by atoms with Crippen LogP contribution in [0.3, 0.4) is 0 Å². The number of hydrogen-bond acceptors (Lipinski definition) is 2.